The normalized spacial score (nSPS) is 14.0. The molecule has 1 aliphatic heterocycles. The molecule has 0 amide bonds. The van der Waals surface area contributed by atoms with Gasteiger partial charge < -0.3 is 4.74 Å². The van der Waals surface area contributed by atoms with Crippen LogP contribution in [0.3, 0.4) is 0 Å². The lowest BCUT2D eigenvalue weighted by atomic mass is 10.1. The molecule has 0 saturated carbocycles. The van der Waals surface area contributed by atoms with Crippen LogP contribution in [0.5, 0.6) is 5.75 Å². The lowest BCUT2D eigenvalue weighted by Gasteiger charge is -2.09. The number of hydrogen-bond donors (Lipinski definition) is 0. The summed E-state index contributed by atoms with van der Waals surface area (Å²) in [5.74, 6) is 0.904. The van der Waals surface area contributed by atoms with E-state index in [4.69, 9.17) is 4.74 Å². The fourth-order valence-corrected chi connectivity index (χ4v) is 0.922. The van der Waals surface area contributed by atoms with Crippen LogP contribution >= 0.6 is 0 Å². The molecule has 1 heteroatoms. The Morgan fingerprint density at radius 2 is 2.40 bits per heavy atom. The SMILES string of the molecule is [c]1ccc2c(c1)[CH]C=CO2. The molecule has 0 saturated heterocycles. The lowest BCUT2D eigenvalue weighted by molar-refractivity contribution is 0.472. The zero-order valence-corrected chi connectivity index (χ0v) is 5.37. The van der Waals surface area contributed by atoms with Crippen molar-refractivity contribution in [3.63, 3.8) is 0 Å². The molecule has 0 N–H and O–H groups in total. The van der Waals surface area contributed by atoms with Gasteiger partial charge in [0.05, 0.1) is 6.26 Å². The molecule has 1 nitrogen and oxygen atoms in total. The smallest absolute Gasteiger partial charge is 0.130 e. The number of hydrogen-bond acceptors (Lipinski definition) is 1. The van der Waals surface area contributed by atoms with Crippen molar-refractivity contribution in [3.8, 4) is 5.75 Å². The van der Waals surface area contributed by atoms with Gasteiger partial charge in [0.2, 0.25) is 0 Å². The monoisotopic (exact) mass is 130 g/mol. The number of fused-ring (bicyclic) bond motifs is 1. The van der Waals surface area contributed by atoms with E-state index < -0.39 is 0 Å². The zero-order chi connectivity index (χ0) is 6.81. The van der Waals surface area contributed by atoms with Gasteiger partial charge in [-0.3, -0.25) is 0 Å². The van der Waals surface area contributed by atoms with Crippen LogP contribution in [0.25, 0.3) is 0 Å². The van der Waals surface area contributed by atoms with Gasteiger partial charge in [0.1, 0.15) is 5.75 Å². The molecule has 0 bridgehead atoms. The highest BCUT2D eigenvalue weighted by molar-refractivity contribution is 5.43. The van der Waals surface area contributed by atoms with Crippen LogP contribution in [-0.2, 0) is 0 Å². The molecule has 2 rings (SSSR count). The van der Waals surface area contributed by atoms with Crippen LogP contribution in [0.4, 0.5) is 0 Å². The van der Waals surface area contributed by atoms with Crippen LogP contribution in [0.15, 0.2) is 30.5 Å². The summed E-state index contributed by atoms with van der Waals surface area (Å²) < 4.78 is 5.19. The first kappa shape index (κ1) is 5.54. The minimum Gasteiger partial charge on any atom is -0.465 e. The van der Waals surface area contributed by atoms with E-state index in [1.165, 1.54) is 0 Å². The third-order valence-corrected chi connectivity index (χ3v) is 1.40. The molecule has 0 fully saturated rings. The number of benzene rings is 1. The van der Waals surface area contributed by atoms with Gasteiger partial charge in [0.15, 0.2) is 0 Å². The van der Waals surface area contributed by atoms with E-state index in [0.29, 0.717) is 0 Å². The molecule has 0 aromatic heterocycles. The van der Waals surface area contributed by atoms with Gasteiger partial charge in [-0.1, -0.05) is 6.07 Å². The molecule has 1 aliphatic rings. The second kappa shape index (κ2) is 2.18. The summed E-state index contributed by atoms with van der Waals surface area (Å²) in [5.41, 5.74) is 1.09. The lowest BCUT2D eigenvalue weighted by Crippen LogP contribution is -1.92. The molecule has 0 unspecified atom stereocenters. The highest BCUT2D eigenvalue weighted by atomic mass is 16.5. The summed E-state index contributed by atoms with van der Waals surface area (Å²) in [5, 5.41) is 0. The van der Waals surface area contributed by atoms with Gasteiger partial charge in [-0.25, -0.2) is 0 Å². The first-order valence-corrected chi connectivity index (χ1v) is 3.13. The Balaban J connectivity index is 2.47. The van der Waals surface area contributed by atoms with E-state index in [0.717, 1.165) is 11.3 Å². The molecule has 0 aliphatic carbocycles. The average molecular weight is 130 g/mol. The highest BCUT2D eigenvalue weighted by Crippen LogP contribution is 2.22. The van der Waals surface area contributed by atoms with Gasteiger partial charge in [0.25, 0.3) is 0 Å². The summed E-state index contributed by atoms with van der Waals surface area (Å²) in [6.45, 7) is 0. The van der Waals surface area contributed by atoms with Gasteiger partial charge in [-0.15, -0.1) is 0 Å². The van der Waals surface area contributed by atoms with E-state index in [-0.39, 0.29) is 0 Å². The minimum atomic E-state index is 0.904. The quantitative estimate of drug-likeness (QED) is 0.521. The maximum atomic E-state index is 5.19. The highest BCUT2D eigenvalue weighted by Gasteiger charge is 2.02. The van der Waals surface area contributed by atoms with Gasteiger partial charge in [-0.2, -0.15) is 0 Å². The maximum absolute atomic E-state index is 5.19. The van der Waals surface area contributed by atoms with Crippen LogP contribution in [0, 0.1) is 12.5 Å². The van der Waals surface area contributed by atoms with Crippen molar-refractivity contribution >= 4 is 0 Å². The molecule has 1 heterocycles. The minimum absolute atomic E-state index is 0.904. The molecule has 1 aromatic carbocycles. The first-order valence-electron chi connectivity index (χ1n) is 3.13. The largest absolute Gasteiger partial charge is 0.465 e. The summed E-state index contributed by atoms with van der Waals surface area (Å²) in [6, 6.07) is 8.61. The van der Waals surface area contributed by atoms with E-state index in [9.17, 15) is 0 Å². The predicted molar refractivity (Wildman–Crippen MR) is 38.4 cm³/mol. The van der Waals surface area contributed by atoms with Crippen LogP contribution in [0.1, 0.15) is 5.56 Å². The molecular weight excluding hydrogens is 124 g/mol. The van der Waals surface area contributed by atoms with Crippen LogP contribution in [-0.4, -0.2) is 0 Å². The topological polar surface area (TPSA) is 9.23 Å². The van der Waals surface area contributed by atoms with Crippen molar-refractivity contribution < 1.29 is 4.74 Å². The average Bonchev–Trinajstić information content (AvgIpc) is 2.05. The number of ether oxygens (including phenoxy) is 1. The third kappa shape index (κ3) is 0.798. The Bertz CT molecular complexity index is 236. The fourth-order valence-electron chi connectivity index (χ4n) is 0.922. The number of allylic oxidation sites excluding steroid dienone is 1. The standard InChI is InChI=1S/C9H6O/c1-2-6-9-8(4-1)5-3-7-10-9/h2-7H. The van der Waals surface area contributed by atoms with Crippen molar-refractivity contribution in [1.82, 2.24) is 0 Å². The second-order valence-corrected chi connectivity index (χ2v) is 2.08. The fraction of sp³-hybridized carbons (Fsp3) is 0. The summed E-state index contributed by atoms with van der Waals surface area (Å²) in [7, 11) is 0. The van der Waals surface area contributed by atoms with Crippen molar-refractivity contribution in [1.29, 1.82) is 0 Å². The van der Waals surface area contributed by atoms with E-state index in [1.54, 1.807) is 6.26 Å². The Morgan fingerprint density at radius 1 is 1.40 bits per heavy atom. The number of rotatable bonds is 0. The molecular formula is C9H6O. The maximum Gasteiger partial charge on any atom is 0.130 e. The van der Waals surface area contributed by atoms with Gasteiger partial charge in [0, 0.05) is 12.0 Å². The predicted octanol–water partition coefficient (Wildman–Crippen LogP) is 1.95. The first-order chi connectivity index (χ1) is 4.97. The third-order valence-electron chi connectivity index (χ3n) is 1.40. The molecule has 1 aromatic rings. The van der Waals surface area contributed by atoms with Gasteiger partial charge >= 0.3 is 0 Å². The molecule has 10 heavy (non-hydrogen) atoms. The van der Waals surface area contributed by atoms with E-state index in [1.807, 2.05) is 30.7 Å². The van der Waals surface area contributed by atoms with Crippen molar-refractivity contribution in [2.75, 3.05) is 0 Å². The van der Waals surface area contributed by atoms with Crippen molar-refractivity contribution in [3.05, 3.63) is 48.6 Å². The summed E-state index contributed by atoms with van der Waals surface area (Å²) in [4.78, 5) is 0. The molecule has 0 atom stereocenters. The Morgan fingerprint density at radius 3 is 3.30 bits per heavy atom. The Hall–Kier alpha value is -1.24. The molecule has 0 spiro atoms. The zero-order valence-electron chi connectivity index (χ0n) is 5.37. The summed E-state index contributed by atoms with van der Waals surface area (Å²) >= 11 is 0. The van der Waals surface area contributed by atoms with Gasteiger partial charge in [-0.05, 0) is 24.3 Å². The summed E-state index contributed by atoms with van der Waals surface area (Å²) in [6.07, 6.45) is 5.54. The molecule has 2 radical (unpaired) electrons. The molecule has 48 valence electrons. The van der Waals surface area contributed by atoms with E-state index >= 15 is 0 Å². The second-order valence-electron chi connectivity index (χ2n) is 2.08. The van der Waals surface area contributed by atoms with Crippen molar-refractivity contribution in [2.45, 2.75) is 0 Å². The Labute approximate surface area is 59.9 Å². The van der Waals surface area contributed by atoms with Crippen LogP contribution < -0.4 is 4.74 Å². The Kier molecular flexibility index (Phi) is 1.21. The van der Waals surface area contributed by atoms with Crippen molar-refractivity contribution in [2.24, 2.45) is 0 Å². The van der Waals surface area contributed by atoms with E-state index in [2.05, 4.69) is 6.07 Å². The van der Waals surface area contributed by atoms with Crippen LogP contribution in [0.2, 0.25) is 0 Å².